The lowest BCUT2D eigenvalue weighted by Crippen LogP contribution is -2.54. The molecule has 3 atom stereocenters. The van der Waals surface area contributed by atoms with Gasteiger partial charge in [0, 0.05) is 19.3 Å². The Morgan fingerprint density at radius 2 is 2.11 bits per heavy atom. The van der Waals surface area contributed by atoms with Crippen LogP contribution in [0.1, 0.15) is 31.7 Å². The standard InChI is InChI=1S/C15H22N4/c1-3-12-8-17-19(9-12)15(6-7-16)13-4-5-14(15)11-18(2)10-13/h8-9,13-14H,3-6,10-11H2,1-2H3/t13-,14+,15?. The molecule has 1 unspecified atom stereocenters. The molecule has 102 valence electrons. The minimum Gasteiger partial charge on any atom is -0.306 e. The summed E-state index contributed by atoms with van der Waals surface area (Å²) >= 11 is 0. The van der Waals surface area contributed by atoms with Crippen LogP contribution < -0.4 is 0 Å². The predicted octanol–water partition coefficient (Wildman–Crippen LogP) is 2.03. The number of aromatic nitrogens is 2. The van der Waals surface area contributed by atoms with E-state index in [1.165, 1.54) is 18.4 Å². The van der Waals surface area contributed by atoms with E-state index >= 15 is 0 Å². The Balaban J connectivity index is 2.03. The van der Waals surface area contributed by atoms with Gasteiger partial charge in [-0.25, -0.2) is 0 Å². The van der Waals surface area contributed by atoms with E-state index in [2.05, 4.69) is 40.9 Å². The molecule has 2 fully saturated rings. The van der Waals surface area contributed by atoms with Gasteiger partial charge < -0.3 is 4.90 Å². The summed E-state index contributed by atoms with van der Waals surface area (Å²) in [6.07, 6.45) is 8.22. The number of piperidine rings is 1. The van der Waals surface area contributed by atoms with Crippen LogP contribution in [-0.4, -0.2) is 34.8 Å². The highest BCUT2D eigenvalue weighted by atomic mass is 15.3. The van der Waals surface area contributed by atoms with E-state index in [-0.39, 0.29) is 5.54 Å². The maximum atomic E-state index is 9.33. The van der Waals surface area contributed by atoms with Gasteiger partial charge in [-0.2, -0.15) is 10.4 Å². The largest absolute Gasteiger partial charge is 0.306 e. The molecule has 1 saturated heterocycles. The number of nitriles is 1. The number of hydrogen-bond acceptors (Lipinski definition) is 3. The van der Waals surface area contributed by atoms with E-state index in [4.69, 9.17) is 0 Å². The molecule has 4 heteroatoms. The molecule has 1 saturated carbocycles. The van der Waals surface area contributed by atoms with Crippen LogP contribution in [0.4, 0.5) is 0 Å². The SMILES string of the molecule is CCc1cnn(C2(CC#N)[C@@H]3CC[C@H]2CN(C)C3)c1. The Morgan fingerprint density at radius 1 is 1.42 bits per heavy atom. The molecule has 1 aromatic rings. The van der Waals surface area contributed by atoms with Gasteiger partial charge in [0.15, 0.2) is 0 Å². The topological polar surface area (TPSA) is 44.9 Å². The van der Waals surface area contributed by atoms with Crippen molar-refractivity contribution in [1.82, 2.24) is 14.7 Å². The molecule has 19 heavy (non-hydrogen) atoms. The second kappa shape index (κ2) is 4.64. The fourth-order valence-electron chi connectivity index (χ4n) is 4.20. The first-order valence-electron chi connectivity index (χ1n) is 7.30. The summed E-state index contributed by atoms with van der Waals surface area (Å²) in [5, 5.41) is 13.9. The highest BCUT2D eigenvalue weighted by Gasteiger charge is 2.55. The van der Waals surface area contributed by atoms with E-state index in [1.54, 1.807) is 0 Å². The lowest BCUT2D eigenvalue weighted by Gasteiger charge is -2.46. The van der Waals surface area contributed by atoms with Crippen molar-refractivity contribution in [3.63, 3.8) is 0 Å². The van der Waals surface area contributed by atoms with Crippen LogP contribution in [0.5, 0.6) is 0 Å². The van der Waals surface area contributed by atoms with Crippen LogP contribution in [0, 0.1) is 23.2 Å². The van der Waals surface area contributed by atoms with Gasteiger partial charge in [-0.1, -0.05) is 6.92 Å². The molecule has 1 aromatic heterocycles. The van der Waals surface area contributed by atoms with Crippen molar-refractivity contribution in [3.05, 3.63) is 18.0 Å². The van der Waals surface area contributed by atoms with Gasteiger partial charge in [0.05, 0.1) is 24.2 Å². The zero-order valence-corrected chi connectivity index (χ0v) is 11.8. The first kappa shape index (κ1) is 12.7. The molecular weight excluding hydrogens is 236 g/mol. The second-order valence-corrected chi connectivity index (χ2v) is 6.17. The van der Waals surface area contributed by atoms with Crippen LogP contribution in [0.15, 0.2) is 12.4 Å². The van der Waals surface area contributed by atoms with E-state index in [1.807, 2.05) is 6.20 Å². The normalized spacial score (nSPS) is 34.4. The van der Waals surface area contributed by atoms with Gasteiger partial charge in [0.25, 0.3) is 0 Å². The minimum atomic E-state index is -0.0469. The Morgan fingerprint density at radius 3 is 2.63 bits per heavy atom. The van der Waals surface area contributed by atoms with Crippen LogP contribution >= 0.6 is 0 Å². The molecule has 0 N–H and O–H groups in total. The fraction of sp³-hybridized carbons (Fsp3) is 0.733. The Bertz CT molecular complexity index is 484. The number of nitrogens with zero attached hydrogens (tertiary/aromatic N) is 4. The fourth-order valence-corrected chi connectivity index (χ4v) is 4.20. The zero-order chi connectivity index (χ0) is 13.5. The van der Waals surface area contributed by atoms with Crippen LogP contribution in [-0.2, 0) is 12.0 Å². The first-order valence-corrected chi connectivity index (χ1v) is 7.30. The second-order valence-electron chi connectivity index (χ2n) is 6.17. The molecular formula is C15H22N4. The molecule has 2 bridgehead atoms. The van der Waals surface area contributed by atoms with E-state index in [0.29, 0.717) is 18.3 Å². The number of aryl methyl sites for hydroxylation is 1. The molecule has 3 rings (SSSR count). The lowest BCUT2D eigenvalue weighted by atomic mass is 9.75. The van der Waals surface area contributed by atoms with Gasteiger partial charge in [-0.15, -0.1) is 0 Å². The number of fused-ring (bicyclic) bond motifs is 2. The summed E-state index contributed by atoms with van der Waals surface area (Å²) in [6, 6.07) is 2.44. The average molecular weight is 258 g/mol. The smallest absolute Gasteiger partial charge is 0.0837 e. The molecule has 4 nitrogen and oxygen atoms in total. The summed E-state index contributed by atoms with van der Waals surface area (Å²) < 4.78 is 2.14. The Kier molecular flexibility index (Phi) is 3.10. The summed E-state index contributed by atoms with van der Waals surface area (Å²) in [6.45, 7) is 4.35. The molecule has 1 aliphatic carbocycles. The molecule has 1 aliphatic heterocycles. The average Bonchev–Trinajstić information content (AvgIpc) is 2.93. The number of rotatable bonds is 3. The third-order valence-electron chi connectivity index (χ3n) is 5.17. The highest BCUT2D eigenvalue weighted by Crippen LogP contribution is 2.51. The first-order chi connectivity index (χ1) is 9.20. The summed E-state index contributed by atoms with van der Waals surface area (Å²) in [7, 11) is 2.20. The quantitative estimate of drug-likeness (QED) is 0.833. The van der Waals surface area contributed by atoms with E-state index < -0.39 is 0 Å². The molecule has 0 amide bonds. The Labute approximate surface area is 115 Å². The van der Waals surface area contributed by atoms with Crippen molar-refractivity contribution in [3.8, 4) is 6.07 Å². The predicted molar refractivity (Wildman–Crippen MR) is 73.5 cm³/mol. The molecule has 2 aliphatic rings. The van der Waals surface area contributed by atoms with Crippen molar-refractivity contribution in [2.75, 3.05) is 20.1 Å². The van der Waals surface area contributed by atoms with Crippen molar-refractivity contribution < 1.29 is 0 Å². The number of likely N-dealkylation sites (tertiary alicyclic amines) is 1. The van der Waals surface area contributed by atoms with Gasteiger partial charge in [-0.3, -0.25) is 4.68 Å². The third kappa shape index (κ3) is 1.80. The minimum absolute atomic E-state index is 0.0469. The summed E-state index contributed by atoms with van der Waals surface area (Å²) in [5.41, 5.74) is 1.23. The molecule has 0 radical (unpaired) electrons. The Hall–Kier alpha value is -1.34. The maximum absolute atomic E-state index is 9.33. The highest BCUT2D eigenvalue weighted by molar-refractivity contribution is 5.14. The van der Waals surface area contributed by atoms with Crippen molar-refractivity contribution in [2.45, 2.75) is 38.1 Å². The third-order valence-corrected chi connectivity index (χ3v) is 5.17. The zero-order valence-electron chi connectivity index (χ0n) is 11.8. The van der Waals surface area contributed by atoms with Crippen molar-refractivity contribution in [1.29, 1.82) is 5.26 Å². The maximum Gasteiger partial charge on any atom is 0.0837 e. The van der Waals surface area contributed by atoms with Gasteiger partial charge in [0.1, 0.15) is 0 Å². The van der Waals surface area contributed by atoms with Crippen LogP contribution in [0.3, 0.4) is 0 Å². The van der Waals surface area contributed by atoms with Gasteiger partial charge in [0.2, 0.25) is 0 Å². The van der Waals surface area contributed by atoms with E-state index in [9.17, 15) is 5.26 Å². The van der Waals surface area contributed by atoms with E-state index in [0.717, 1.165) is 19.5 Å². The van der Waals surface area contributed by atoms with Gasteiger partial charge >= 0.3 is 0 Å². The molecule has 2 heterocycles. The van der Waals surface area contributed by atoms with Crippen molar-refractivity contribution >= 4 is 0 Å². The van der Waals surface area contributed by atoms with Crippen LogP contribution in [0.2, 0.25) is 0 Å². The van der Waals surface area contributed by atoms with Crippen molar-refractivity contribution in [2.24, 2.45) is 11.8 Å². The monoisotopic (exact) mass is 258 g/mol. The molecule has 0 spiro atoms. The molecule has 0 aromatic carbocycles. The van der Waals surface area contributed by atoms with Gasteiger partial charge in [-0.05, 0) is 43.7 Å². The summed E-state index contributed by atoms with van der Waals surface area (Å²) in [5.74, 6) is 1.14. The number of hydrogen-bond donors (Lipinski definition) is 0. The summed E-state index contributed by atoms with van der Waals surface area (Å²) in [4.78, 5) is 2.42. The lowest BCUT2D eigenvalue weighted by molar-refractivity contribution is 0.0347. The van der Waals surface area contributed by atoms with Crippen LogP contribution in [0.25, 0.3) is 0 Å².